The number of fused-ring (bicyclic) bond motifs is 1. The fourth-order valence-electron chi connectivity index (χ4n) is 5.08. The maximum Gasteiger partial charge on any atom is 0.418 e. The molecule has 0 spiro atoms. The Labute approximate surface area is 228 Å². The Kier molecular flexibility index (Phi) is 6.71. The van der Waals surface area contributed by atoms with Gasteiger partial charge in [-0.25, -0.2) is 19.1 Å². The molecule has 2 aliphatic heterocycles. The molecule has 0 N–H and O–H groups in total. The van der Waals surface area contributed by atoms with Crippen LogP contribution >= 0.6 is 18.7 Å². The summed E-state index contributed by atoms with van der Waals surface area (Å²) in [6, 6.07) is 19.1. The van der Waals surface area contributed by atoms with Crippen molar-refractivity contribution < 1.29 is 17.9 Å². The van der Waals surface area contributed by atoms with Crippen LogP contribution in [0, 0.1) is 6.92 Å². The fourth-order valence-corrected chi connectivity index (χ4v) is 9.72. The summed E-state index contributed by atoms with van der Waals surface area (Å²) in [4.78, 5) is 6.01. The molecule has 0 amide bonds. The van der Waals surface area contributed by atoms with Crippen molar-refractivity contribution in [3.8, 4) is 5.69 Å². The van der Waals surface area contributed by atoms with Gasteiger partial charge in [0, 0.05) is 20.1 Å². The molecule has 1 fully saturated rings. The second kappa shape index (κ2) is 10.1. The van der Waals surface area contributed by atoms with Crippen molar-refractivity contribution in [2.75, 3.05) is 33.4 Å². The van der Waals surface area contributed by atoms with Gasteiger partial charge in [0.25, 0.3) is 0 Å². The number of alkyl halides is 3. The summed E-state index contributed by atoms with van der Waals surface area (Å²) in [6.07, 6.45) is -4.56. The molecule has 2 aliphatic rings. The Bertz CT molecular complexity index is 1580. The quantitative estimate of drug-likeness (QED) is 0.259. The number of nitrogens with zero attached hydrogens (tertiary/aromatic N) is 6. The molecule has 202 valence electrons. The smallest absolute Gasteiger partial charge is 0.379 e. The van der Waals surface area contributed by atoms with Crippen LogP contribution in [0.3, 0.4) is 0 Å². The fraction of sp³-hybridized carbons (Fsp3) is 0.259. The van der Waals surface area contributed by atoms with E-state index in [-0.39, 0.29) is 5.69 Å². The average Bonchev–Trinajstić information content (AvgIpc) is 3.59. The van der Waals surface area contributed by atoms with Crippen molar-refractivity contribution in [3.05, 3.63) is 88.2 Å². The summed E-state index contributed by atoms with van der Waals surface area (Å²) in [5, 5.41) is 7.61. The standard InChI is InChI=1S/C27H26F3N6OPS/c1-19-24-26(36(32-19)20-9-4-3-5-10-20)31-25(23-13-8-18-39-23)34(2)38(24,35-14-16-37-17-15-35)33-22-12-7-6-11-21(22)27(28,29)30/h3-13,18H,14-17H2,1-2H3/t38-/m1/s1. The summed E-state index contributed by atoms with van der Waals surface area (Å²) in [6.45, 7) is 3.83. The maximum absolute atomic E-state index is 14.2. The Hall–Kier alpha value is -3.24. The zero-order chi connectivity index (χ0) is 27.2. The Balaban J connectivity index is 1.73. The molecule has 4 heterocycles. The third-order valence-electron chi connectivity index (χ3n) is 6.82. The lowest BCUT2D eigenvalue weighted by Crippen LogP contribution is -2.45. The molecule has 1 atom stereocenters. The van der Waals surface area contributed by atoms with Crippen molar-refractivity contribution in [1.29, 1.82) is 0 Å². The van der Waals surface area contributed by atoms with Crippen LogP contribution in [0.5, 0.6) is 0 Å². The molecule has 0 unspecified atom stereocenters. The highest BCUT2D eigenvalue weighted by Crippen LogP contribution is 2.62. The third-order valence-corrected chi connectivity index (χ3v) is 11.5. The third kappa shape index (κ3) is 4.43. The van der Waals surface area contributed by atoms with Crippen molar-refractivity contribution >= 4 is 41.3 Å². The SMILES string of the molecule is Cc1nn(-c2ccccc2)c2c1[P@](=Nc1ccccc1C(F)(F)F)(N1CCOCC1)N(C)C(c1cccs1)=N2. The molecule has 6 rings (SSSR count). The van der Waals surface area contributed by atoms with E-state index in [4.69, 9.17) is 19.6 Å². The molecule has 2 aromatic carbocycles. The van der Waals surface area contributed by atoms with Crippen LogP contribution in [0.4, 0.5) is 24.7 Å². The van der Waals surface area contributed by atoms with Crippen molar-refractivity contribution in [3.63, 3.8) is 0 Å². The molecule has 4 aromatic rings. The van der Waals surface area contributed by atoms with E-state index in [0.29, 0.717) is 43.7 Å². The van der Waals surface area contributed by atoms with Crippen LogP contribution < -0.4 is 5.30 Å². The highest BCUT2D eigenvalue weighted by atomic mass is 32.1. The second-order valence-corrected chi connectivity index (χ2v) is 13.1. The largest absolute Gasteiger partial charge is 0.418 e. The van der Waals surface area contributed by atoms with Gasteiger partial charge in [0.05, 0.1) is 46.0 Å². The number of aryl methyl sites for hydroxylation is 1. The first-order valence-electron chi connectivity index (χ1n) is 12.4. The zero-order valence-corrected chi connectivity index (χ0v) is 23.0. The number of ether oxygens (including phenoxy) is 1. The lowest BCUT2D eigenvalue weighted by atomic mass is 10.2. The van der Waals surface area contributed by atoms with Gasteiger partial charge in [0.1, 0.15) is 0 Å². The summed E-state index contributed by atoms with van der Waals surface area (Å²) in [5.41, 5.74) is 0.641. The number of amidine groups is 1. The van der Waals surface area contributed by atoms with Crippen LogP contribution in [0.1, 0.15) is 16.1 Å². The number of rotatable bonds is 4. The molecule has 2 aromatic heterocycles. The number of aromatic nitrogens is 2. The maximum atomic E-state index is 14.2. The van der Waals surface area contributed by atoms with E-state index in [2.05, 4.69) is 4.67 Å². The van der Waals surface area contributed by atoms with E-state index in [1.807, 2.05) is 66.5 Å². The first-order valence-corrected chi connectivity index (χ1v) is 15.0. The van der Waals surface area contributed by atoms with Crippen molar-refractivity contribution in [2.45, 2.75) is 13.1 Å². The first kappa shape index (κ1) is 26.0. The van der Waals surface area contributed by atoms with E-state index < -0.39 is 19.1 Å². The van der Waals surface area contributed by atoms with E-state index in [0.717, 1.165) is 21.9 Å². The predicted octanol–water partition coefficient (Wildman–Crippen LogP) is 6.61. The number of para-hydroxylation sites is 1. The summed E-state index contributed by atoms with van der Waals surface area (Å²) >= 11 is 1.53. The van der Waals surface area contributed by atoms with Crippen LogP contribution in [0.25, 0.3) is 5.69 Å². The van der Waals surface area contributed by atoms with E-state index in [1.54, 1.807) is 10.7 Å². The second-order valence-electron chi connectivity index (χ2n) is 9.19. The van der Waals surface area contributed by atoms with E-state index in [1.165, 1.54) is 23.5 Å². The Morgan fingerprint density at radius 3 is 2.38 bits per heavy atom. The zero-order valence-electron chi connectivity index (χ0n) is 21.3. The molecule has 0 bridgehead atoms. The summed E-state index contributed by atoms with van der Waals surface area (Å²) in [5.74, 6) is 1.25. The van der Waals surface area contributed by atoms with Crippen LogP contribution in [-0.2, 0) is 10.9 Å². The molecule has 7 nitrogen and oxygen atoms in total. The number of morpholine rings is 1. The summed E-state index contributed by atoms with van der Waals surface area (Å²) in [7, 11) is -1.20. The van der Waals surface area contributed by atoms with Crippen LogP contribution in [0.15, 0.2) is 81.8 Å². The lowest BCUT2D eigenvalue weighted by molar-refractivity contribution is -0.137. The number of benzene rings is 2. The van der Waals surface area contributed by atoms with Gasteiger partial charge in [-0.3, -0.25) is 0 Å². The molecule has 0 radical (unpaired) electrons. The van der Waals surface area contributed by atoms with Gasteiger partial charge in [0.2, 0.25) is 0 Å². The highest BCUT2D eigenvalue weighted by Gasteiger charge is 2.46. The van der Waals surface area contributed by atoms with E-state index >= 15 is 0 Å². The van der Waals surface area contributed by atoms with Crippen molar-refractivity contribution in [2.24, 2.45) is 9.74 Å². The Morgan fingerprint density at radius 1 is 0.974 bits per heavy atom. The number of halogens is 3. The minimum atomic E-state index is -4.56. The van der Waals surface area contributed by atoms with Gasteiger partial charge in [0.15, 0.2) is 19.0 Å². The monoisotopic (exact) mass is 570 g/mol. The molecular formula is C27H26F3N6OPS. The topological polar surface area (TPSA) is 58.3 Å². The highest BCUT2D eigenvalue weighted by molar-refractivity contribution is 7.70. The normalized spacial score (nSPS) is 20.0. The van der Waals surface area contributed by atoms with Crippen LogP contribution in [0.2, 0.25) is 0 Å². The molecule has 0 aliphatic carbocycles. The predicted molar refractivity (Wildman–Crippen MR) is 149 cm³/mol. The molecule has 0 saturated carbocycles. The molecule has 39 heavy (non-hydrogen) atoms. The van der Waals surface area contributed by atoms with Crippen LogP contribution in [-0.4, -0.2) is 58.3 Å². The number of hydrogen-bond donors (Lipinski definition) is 0. The van der Waals surface area contributed by atoms with E-state index in [9.17, 15) is 13.2 Å². The molecule has 12 heteroatoms. The minimum Gasteiger partial charge on any atom is -0.379 e. The van der Waals surface area contributed by atoms with Gasteiger partial charge in [-0.2, -0.15) is 18.3 Å². The van der Waals surface area contributed by atoms with Gasteiger partial charge >= 0.3 is 6.18 Å². The number of thiophene rings is 1. The molecular weight excluding hydrogens is 544 g/mol. The van der Waals surface area contributed by atoms with Gasteiger partial charge in [-0.05, 0) is 42.6 Å². The first-order chi connectivity index (χ1) is 18.8. The summed E-state index contributed by atoms with van der Waals surface area (Å²) < 4.78 is 59.5. The number of aliphatic imine (C=N–C) groups is 1. The minimum absolute atomic E-state index is 0.0954. The van der Waals surface area contributed by atoms with Gasteiger partial charge < -0.3 is 9.41 Å². The number of hydrogen-bond acceptors (Lipinski definition) is 5. The lowest BCUT2D eigenvalue weighted by Gasteiger charge is -2.46. The van der Waals surface area contributed by atoms with Gasteiger partial charge in [-0.15, -0.1) is 11.3 Å². The van der Waals surface area contributed by atoms with Gasteiger partial charge in [-0.1, -0.05) is 36.4 Å². The molecule has 1 saturated heterocycles. The Morgan fingerprint density at radius 2 is 1.69 bits per heavy atom. The average molecular weight is 571 g/mol. The van der Waals surface area contributed by atoms with Crippen molar-refractivity contribution in [1.82, 2.24) is 19.1 Å².